The van der Waals surface area contributed by atoms with Crippen LogP contribution >= 0.6 is 11.6 Å². The molecule has 0 amide bonds. The fourth-order valence-electron chi connectivity index (χ4n) is 3.43. The van der Waals surface area contributed by atoms with Crippen LogP contribution in [0.5, 0.6) is 0 Å². The minimum atomic E-state index is -0.349. The molecule has 2 heterocycles. The van der Waals surface area contributed by atoms with Gasteiger partial charge in [-0.15, -0.1) is 0 Å². The van der Waals surface area contributed by atoms with Crippen molar-refractivity contribution in [3.8, 4) is 5.69 Å². The Morgan fingerprint density at radius 3 is 2.41 bits per heavy atom. The number of hydrogen-bond donors (Lipinski definition) is 1. The van der Waals surface area contributed by atoms with Gasteiger partial charge in [-0.1, -0.05) is 48.0 Å². The number of pyridine rings is 2. The van der Waals surface area contributed by atoms with Crippen molar-refractivity contribution < 1.29 is 0 Å². The predicted octanol–water partition coefficient (Wildman–Crippen LogP) is 4.44. The number of halogens is 1. The number of hydrogen-bond acceptors (Lipinski definition) is 2. The summed E-state index contributed by atoms with van der Waals surface area (Å²) >= 11 is 6.05. The Hall–Kier alpha value is -3.37. The smallest absolute Gasteiger partial charge is 0.268 e. The van der Waals surface area contributed by atoms with Crippen LogP contribution in [0.2, 0.25) is 5.02 Å². The summed E-state index contributed by atoms with van der Waals surface area (Å²) in [6, 6.07) is 16.2. The van der Waals surface area contributed by atoms with Crippen LogP contribution in [0, 0.1) is 0 Å². The van der Waals surface area contributed by atoms with E-state index >= 15 is 0 Å². The first-order valence-corrected chi connectivity index (χ1v) is 8.87. The summed E-state index contributed by atoms with van der Waals surface area (Å²) in [6.45, 7) is 0. The van der Waals surface area contributed by atoms with Crippen molar-refractivity contribution in [1.29, 1.82) is 0 Å². The number of aromatic nitrogens is 2. The van der Waals surface area contributed by atoms with Crippen molar-refractivity contribution >= 4 is 39.0 Å². The average molecular weight is 373 g/mol. The molecular weight excluding hydrogens is 360 g/mol. The predicted molar refractivity (Wildman–Crippen MR) is 110 cm³/mol. The molecule has 1 aliphatic rings. The third-order valence-electron chi connectivity index (χ3n) is 4.79. The highest BCUT2D eigenvalue weighted by Crippen LogP contribution is 2.26. The van der Waals surface area contributed by atoms with Gasteiger partial charge in [0.15, 0.2) is 0 Å². The maximum atomic E-state index is 13.4. The molecule has 5 rings (SSSR count). The third-order valence-corrected chi connectivity index (χ3v) is 5.03. The lowest BCUT2D eigenvalue weighted by Gasteiger charge is -2.17. The summed E-state index contributed by atoms with van der Waals surface area (Å²) < 4.78 is 1.59. The molecule has 0 atom stereocenters. The Labute approximate surface area is 158 Å². The second kappa shape index (κ2) is 5.83. The summed E-state index contributed by atoms with van der Waals surface area (Å²) in [5, 5.41) is 0.987. The molecule has 0 fully saturated rings. The number of aromatic amines is 1. The van der Waals surface area contributed by atoms with Gasteiger partial charge in [0.2, 0.25) is 5.43 Å². The Morgan fingerprint density at radius 2 is 1.70 bits per heavy atom. The number of fused-ring (bicyclic) bond motifs is 2. The monoisotopic (exact) mass is 372 g/mol. The lowest BCUT2D eigenvalue weighted by Crippen LogP contribution is -2.26. The first-order valence-electron chi connectivity index (χ1n) is 8.49. The lowest BCUT2D eigenvalue weighted by molar-refractivity contribution is 0.982. The van der Waals surface area contributed by atoms with E-state index in [0.29, 0.717) is 27.1 Å². The molecule has 130 valence electrons. The molecule has 4 aromatic rings. The van der Waals surface area contributed by atoms with Gasteiger partial charge in [0.25, 0.3) is 5.56 Å². The molecule has 2 aromatic carbocycles. The van der Waals surface area contributed by atoms with E-state index in [-0.39, 0.29) is 16.4 Å². The van der Waals surface area contributed by atoms with Crippen LogP contribution in [0.3, 0.4) is 0 Å². The highest BCUT2D eigenvalue weighted by Gasteiger charge is 2.18. The molecule has 1 aliphatic carbocycles. The van der Waals surface area contributed by atoms with Crippen molar-refractivity contribution in [2.45, 2.75) is 0 Å². The number of nitrogens with one attached hydrogen (secondary N) is 1. The molecule has 0 saturated carbocycles. The van der Waals surface area contributed by atoms with Crippen molar-refractivity contribution in [1.82, 2.24) is 9.55 Å². The number of nitrogens with zero attached hydrogens (tertiary/aromatic N) is 1. The van der Waals surface area contributed by atoms with Crippen molar-refractivity contribution in [3.63, 3.8) is 0 Å². The second-order valence-corrected chi connectivity index (χ2v) is 6.86. The molecule has 0 bridgehead atoms. The number of para-hydroxylation sites is 1. The van der Waals surface area contributed by atoms with Gasteiger partial charge in [-0.3, -0.25) is 14.2 Å². The molecule has 1 N–H and O–H groups in total. The minimum Gasteiger partial charge on any atom is -0.354 e. The van der Waals surface area contributed by atoms with E-state index < -0.39 is 0 Å². The van der Waals surface area contributed by atoms with E-state index in [4.69, 9.17) is 11.6 Å². The first kappa shape index (κ1) is 15.9. The molecule has 0 unspecified atom stereocenters. The number of H-pyrrole nitrogens is 1. The Bertz CT molecular complexity index is 1410. The van der Waals surface area contributed by atoms with Crippen LogP contribution in [-0.2, 0) is 0 Å². The van der Waals surface area contributed by atoms with Gasteiger partial charge < -0.3 is 4.98 Å². The Balaban J connectivity index is 1.97. The van der Waals surface area contributed by atoms with Crippen LogP contribution in [0.1, 0.15) is 5.69 Å². The molecular formula is C22H13ClN2O2. The van der Waals surface area contributed by atoms with Gasteiger partial charge in [-0.05, 0) is 42.0 Å². The summed E-state index contributed by atoms with van der Waals surface area (Å²) in [5.41, 5.74) is 2.89. The van der Waals surface area contributed by atoms with E-state index in [1.165, 1.54) is 0 Å². The van der Waals surface area contributed by atoms with Crippen LogP contribution in [-0.4, -0.2) is 9.55 Å². The van der Waals surface area contributed by atoms with Crippen LogP contribution in [0.25, 0.3) is 33.1 Å². The molecule has 0 spiro atoms. The highest BCUT2D eigenvalue weighted by atomic mass is 35.5. The minimum absolute atomic E-state index is 0.126. The lowest BCUT2D eigenvalue weighted by atomic mass is 10.0. The van der Waals surface area contributed by atoms with Gasteiger partial charge in [0.1, 0.15) is 5.39 Å². The molecule has 2 aromatic heterocycles. The van der Waals surface area contributed by atoms with E-state index in [1.807, 2.05) is 54.6 Å². The second-order valence-electron chi connectivity index (χ2n) is 6.42. The zero-order chi connectivity index (χ0) is 18.5. The summed E-state index contributed by atoms with van der Waals surface area (Å²) in [4.78, 5) is 29.7. The number of allylic oxidation sites excluding steroid dienone is 4. The summed E-state index contributed by atoms with van der Waals surface area (Å²) in [7, 11) is 0. The van der Waals surface area contributed by atoms with Gasteiger partial charge in [-0.25, -0.2) is 0 Å². The van der Waals surface area contributed by atoms with E-state index in [0.717, 1.165) is 11.3 Å². The fraction of sp³-hybridized carbons (Fsp3) is 0. The largest absolute Gasteiger partial charge is 0.354 e. The van der Waals surface area contributed by atoms with Crippen LogP contribution in [0.15, 0.2) is 82.4 Å². The van der Waals surface area contributed by atoms with Crippen molar-refractivity contribution in [3.05, 3.63) is 104 Å². The van der Waals surface area contributed by atoms with Crippen molar-refractivity contribution in [2.75, 3.05) is 0 Å². The zero-order valence-electron chi connectivity index (χ0n) is 14.1. The SMILES string of the molecule is O=c1c2cc(Cl)ccc2[nH]c2cc(C3=CC=C3)n(-c3ccccc3)c(=O)c12. The Morgan fingerprint density at radius 1 is 0.926 bits per heavy atom. The van der Waals surface area contributed by atoms with Gasteiger partial charge >= 0.3 is 0 Å². The van der Waals surface area contributed by atoms with E-state index in [2.05, 4.69) is 4.98 Å². The van der Waals surface area contributed by atoms with Crippen molar-refractivity contribution in [2.24, 2.45) is 0 Å². The van der Waals surface area contributed by atoms with Gasteiger partial charge in [0, 0.05) is 21.6 Å². The zero-order valence-corrected chi connectivity index (χ0v) is 14.8. The molecule has 0 aliphatic heterocycles. The van der Waals surface area contributed by atoms with Crippen LogP contribution < -0.4 is 11.0 Å². The van der Waals surface area contributed by atoms with Crippen LogP contribution in [0.4, 0.5) is 0 Å². The third kappa shape index (κ3) is 2.38. The highest BCUT2D eigenvalue weighted by molar-refractivity contribution is 6.31. The first-order chi connectivity index (χ1) is 13.1. The topological polar surface area (TPSA) is 54.9 Å². The molecule has 5 heteroatoms. The van der Waals surface area contributed by atoms with E-state index in [9.17, 15) is 9.59 Å². The standard InChI is InChI=1S/C22H13ClN2O2/c23-14-9-10-17-16(11-14)21(26)20-18(24-17)12-19(13-5-4-6-13)25(22(20)27)15-7-2-1-3-8-15/h1-12H,(H,24,26). The maximum absolute atomic E-state index is 13.4. The molecule has 27 heavy (non-hydrogen) atoms. The molecule has 0 radical (unpaired) electrons. The fourth-order valence-corrected chi connectivity index (χ4v) is 3.60. The van der Waals surface area contributed by atoms with Gasteiger partial charge in [-0.2, -0.15) is 0 Å². The quantitative estimate of drug-likeness (QED) is 0.529. The number of rotatable bonds is 2. The maximum Gasteiger partial charge on any atom is 0.268 e. The summed E-state index contributed by atoms with van der Waals surface area (Å²) in [5.74, 6) is 0. The summed E-state index contributed by atoms with van der Waals surface area (Å²) in [6.07, 6.45) is 5.81. The normalized spacial score (nSPS) is 13.0. The van der Waals surface area contributed by atoms with Gasteiger partial charge in [0.05, 0.1) is 11.2 Å². The Kier molecular flexibility index (Phi) is 3.42. The molecule has 4 nitrogen and oxygen atoms in total. The average Bonchev–Trinajstić information content (AvgIpc) is 2.62. The number of benzene rings is 2. The molecule has 0 saturated heterocycles. The van der Waals surface area contributed by atoms with E-state index in [1.54, 1.807) is 22.8 Å².